The fourth-order valence-corrected chi connectivity index (χ4v) is 3.16. The van der Waals surface area contributed by atoms with Gasteiger partial charge in [0.15, 0.2) is 0 Å². The summed E-state index contributed by atoms with van der Waals surface area (Å²) in [6.45, 7) is 2.12. The first-order chi connectivity index (χ1) is 15.4. The number of nitrogens with one attached hydrogen (secondary N) is 1. The predicted molar refractivity (Wildman–Crippen MR) is 111 cm³/mol. The van der Waals surface area contributed by atoms with Crippen LogP contribution in [0.2, 0.25) is 0 Å². The van der Waals surface area contributed by atoms with Crippen LogP contribution in [0, 0.1) is 5.82 Å². The smallest absolute Gasteiger partial charge is 0.307 e. The monoisotopic (exact) mass is 445 g/mol. The molecule has 0 bridgehead atoms. The number of aryl methyl sites for hydroxylation is 1. The van der Waals surface area contributed by atoms with Gasteiger partial charge in [0, 0.05) is 24.2 Å². The lowest BCUT2D eigenvalue weighted by Crippen LogP contribution is -2.26. The summed E-state index contributed by atoms with van der Waals surface area (Å²) in [5, 5.41) is 6.42. The molecule has 0 aliphatic heterocycles. The Morgan fingerprint density at radius 2 is 1.91 bits per heavy atom. The number of alkyl halides is 2. The fraction of sp³-hybridized carbons (Fsp3) is 0.261. The van der Waals surface area contributed by atoms with Gasteiger partial charge in [-0.2, -0.15) is 5.10 Å². The summed E-state index contributed by atoms with van der Waals surface area (Å²) in [5.74, 6) is -1.88. The Morgan fingerprint density at radius 3 is 2.59 bits per heavy atom. The topological polar surface area (TPSA) is 73.2 Å². The standard InChI is InChI=1S/C23H22F3N3O3/c1-2-29-21(19(13-28-29)22(25)26)16-10-17(12-18(24)11-16)23(31)27-9-8-20(30)32-14-15-6-4-3-5-7-15/h3-7,10-13,22H,2,8-9,14H2,1H3,(H,27,31). The van der Waals surface area contributed by atoms with Gasteiger partial charge in [-0.1, -0.05) is 30.3 Å². The SMILES string of the molecule is CCn1ncc(C(F)F)c1-c1cc(F)cc(C(=O)NCCC(=O)OCc2ccccc2)c1. The summed E-state index contributed by atoms with van der Waals surface area (Å²) in [4.78, 5) is 24.3. The molecule has 0 saturated carbocycles. The summed E-state index contributed by atoms with van der Waals surface area (Å²) < 4.78 is 47.4. The van der Waals surface area contributed by atoms with Gasteiger partial charge >= 0.3 is 5.97 Å². The van der Waals surface area contributed by atoms with Crippen LogP contribution in [0.1, 0.15) is 41.3 Å². The highest BCUT2D eigenvalue weighted by Crippen LogP contribution is 2.32. The number of ether oxygens (including phenoxy) is 1. The Labute approximate surface area is 183 Å². The highest BCUT2D eigenvalue weighted by molar-refractivity contribution is 5.95. The van der Waals surface area contributed by atoms with Crippen LogP contribution < -0.4 is 5.32 Å². The van der Waals surface area contributed by atoms with E-state index in [2.05, 4.69) is 10.4 Å². The predicted octanol–water partition coefficient (Wildman–Crippen LogP) is 4.51. The van der Waals surface area contributed by atoms with E-state index >= 15 is 0 Å². The quantitative estimate of drug-likeness (QED) is 0.492. The Kier molecular flexibility index (Phi) is 7.64. The third kappa shape index (κ3) is 5.75. The second-order valence-electron chi connectivity index (χ2n) is 6.95. The molecule has 1 heterocycles. The number of esters is 1. The lowest BCUT2D eigenvalue weighted by molar-refractivity contribution is -0.144. The maximum absolute atomic E-state index is 14.2. The Bertz CT molecular complexity index is 1080. The van der Waals surface area contributed by atoms with E-state index in [1.807, 2.05) is 30.3 Å². The number of rotatable bonds is 9. The Morgan fingerprint density at radius 1 is 1.16 bits per heavy atom. The van der Waals surface area contributed by atoms with Crippen molar-refractivity contribution in [2.45, 2.75) is 32.9 Å². The molecule has 9 heteroatoms. The molecular weight excluding hydrogens is 423 g/mol. The highest BCUT2D eigenvalue weighted by atomic mass is 19.3. The molecule has 1 amide bonds. The molecule has 0 fully saturated rings. The molecule has 0 saturated heterocycles. The lowest BCUT2D eigenvalue weighted by Gasteiger charge is -2.11. The van der Waals surface area contributed by atoms with E-state index in [0.29, 0.717) is 6.54 Å². The van der Waals surface area contributed by atoms with Crippen LogP contribution in [0.5, 0.6) is 0 Å². The van der Waals surface area contributed by atoms with Crippen LogP contribution in [0.25, 0.3) is 11.3 Å². The molecule has 0 unspecified atom stereocenters. The second kappa shape index (κ2) is 10.6. The minimum absolute atomic E-state index is 0.0204. The van der Waals surface area contributed by atoms with Gasteiger partial charge in [0.25, 0.3) is 12.3 Å². The van der Waals surface area contributed by atoms with Crippen LogP contribution in [0.3, 0.4) is 0 Å². The van der Waals surface area contributed by atoms with E-state index in [4.69, 9.17) is 4.74 Å². The molecule has 3 rings (SSSR count). The van der Waals surface area contributed by atoms with Crippen molar-refractivity contribution >= 4 is 11.9 Å². The first-order valence-electron chi connectivity index (χ1n) is 10.0. The van der Waals surface area contributed by atoms with Crippen molar-refractivity contribution in [2.75, 3.05) is 6.54 Å². The Hall–Kier alpha value is -3.62. The largest absolute Gasteiger partial charge is 0.461 e. The summed E-state index contributed by atoms with van der Waals surface area (Å²) >= 11 is 0. The molecular formula is C23H22F3N3O3. The van der Waals surface area contributed by atoms with Crippen molar-refractivity contribution in [3.05, 3.63) is 77.2 Å². The van der Waals surface area contributed by atoms with Crippen molar-refractivity contribution in [1.29, 1.82) is 0 Å². The molecule has 2 aromatic carbocycles. The van der Waals surface area contributed by atoms with Crippen LogP contribution in [0.4, 0.5) is 13.2 Å². The minimum Gasteiger partial charge on any atom is -0.461 e. The zero-order valence-electron chi connectivity index (χ0n) is 17.4. The average molecular weight is 445 g/mol. The molecule has 0 atom stereocenters. The van der Waals surface area contributed by atoms with Gasteiger partial charge in [0.1, 0.15) is 12.4 Å². The number of carbonyl (C=O) groups is 2. The molecule has 32 heavy (non-hydrogen) atoms. The van der Waals surface area contributed by atoms with Crippen molar-refractivity contribution in [2.24, 2.45) is 0 Å². The average Bonchev–Trinajstić information content (AvgIpc) is 3.22. The normalized spacial score (nSPS) is 10.9. The van der Waals surface area contributed by atoms with Gasteiger partial charge in [-0.05, 0) is 30.7 Å². The molecule has 3 aromatic rings. The van der Waals surface area contributed by atoms with Crippen LogP contribution in [-0.4, -0.2) is 28.2 Å². The van der Waals surface area contributed by atoms with Crippen molar-refractivity contribution in [3.8, 4) is 11.3 Å². The molecule has 0 aliphatic rings. The van der Waals surface area contributed by atoms with Gasteiger partial charge in [0.2, 0.25) is 0 Å². The van der Waals surface area contributed by atoms with Crippen molar-refractivity contribution in [1.82, 2.24) is 15.1 Å². The summed E-state index contributed by atoms with van der Waals surface area (Å²) in [5.41, 5.74) is 0.617. The number of nitrogens with zero attached hydrogens (tertiary/aromatic N) is 2. The van der Waals surface area contributed by atoms with Crippen LogP contribution in [-0.2, 0) is 22.7 Å². The Balaban J connectivity index is 1.64. The van der Waals surface area contributed by atoms with Crippen LogP contribution >= 0.6 is 0 Å². The van der Waals surface area contributed by atoms with Gasteiger partial charge < -0.3 is 10.1 Å². The number of carbonyl (C=O) groups excluding carboxylic acids is 2. The lowest BCUT2D eigenvalue weighted by atomic mass is 10.0. The third-order valence-corrected chi connectivity index (χ3v) is 4.69. The molecule has 6 nitrogen and oxygen atoms in total. The summed E-state index contributed by atoms with van der Waals surface area (Å²) in [7, 11) is 0. The van der Waals surface area contributed by atoms with E-state index in [1.54, 1.807) is 6.92 Å². The van der Waals surface area contributed by atoms with E-state index in [0.717, 1.165) is 23.9 Å². The second-order valence-corrected chi connectivity index (χ2v) is 6.95. The van der Waals surface area contributed by atoms with Crippen LogP contribution in [0.15, 0.2) is 54.7 Å². The highest BCUT2D eigenvalue weighted by Gasteiger charge is 2.21. The summed E-state index contributed by atoms with van der Waals surface area (Å²) in [6.07, 6.45) is -1.83. The van der Waals surface area contributed by atoms with E-state index in [9.17, 15) is 22.8 Å². The minimum atomic E-state index is -2.80. The van der Waals surface area contributed by atoms with Gasteiger partial charge in [-0.3, -0.25) is 14.3 Å². The van der Waals surface area contributed by atoms with Gasteiger partial charge in [-0.25, -0.2) is 13.2 Å². The fourth-order valence-electron chi connectivity index (χ4n) is 3.16. The van der Waals surface area contributed by atoms with Crippen molar-refractivity contribution < 1.29 is 27.5 Å². The molecule has 0 spiro atoms. The number of benzene rings is 2. The molecule has 168 valence electrons. The number of halogens is 3. The van der Waals surface area contributed by atoms with E-state index < -0.39 is 24.1 Å². The first kappa shape index (κ1) is 23.1. The van der Waals surface area contributed by atoms with Gasteiger partial charge in [-0.15, -0.1) is 0 Å². The number of aromatic nitrogens is 2. The van der Waals surface area contributed by atoms with E-state index in [-0.39, 0.29) is 42.0 Å². The zero-order valence-corrected chi connectivity index (χ0v) is 17.4. The van der Waals surface area contributed by atoms with Crippen molar-refractivity contribution in [3.63, 3.8) is 0 Å². The molecule has 0 aliphatic carbocycles. The maximum Gasteiger partial charge on any atom is 0.307 e. The number of hydrogen-bond acceptors (Lipinski definition) is 4. The molecule has 0 radical (unpaired) electrons. The summed E-state index contributed by atoms with van der Waals surface area (Å²) in [6, 6.07) is 12.5. The number of hydrogen-bond donors (Lipinski definition) is 1. The third-order valence-electron chi connectivity index (χ3n) is 4.69. The molecule has 1 N–H and O–H groups in total. The van der Waals surface area contributed by atoms with Gasteiger partial charge in [0.05, 0.1) is 23.9 Å². The zero-order chi connectivity index (χ0) is 23.1. The number of amides is 1. The maximum atomic E-state index is 14.2. The van der Waals surface area contributed by atoms with E-state index in [1.165, 1.54) is 10.7 Å². The molecule has 1 aromatic heterocycles. The first-order valence-corrected chi connectivity index (χ1v) is 10.0.